The molecule has 0 aliphatic carbocycles. The van der Waals surface area contributed by atoms with Crippen LogP contribution in [0.15, 0.2) is 0 Å². The van der Waals surface area contributed by atoms with Crippen molar-refractivity contribution in [3.05, 3.63) is 0 Å². The number of amides is 3. The van der Waals surface area contributed by atoms with Crippen LogP contribution in [0.5, 0.6) is 0 Å². The van der Waals surface area contributed by atoms with Gasteiger partial charge >= 0.3 is 12.0 Å². The van der Waals surface area contributed by atoms with E-state index in [1.165, 1.54) is 16.7 Å². The molecule has 8 heteroatoms. The Morgan fingerprint density at radius 1 is 1.43 bits per heavy atom. The lowest BCUT2D eigenvalue weighted by molar-refractivity contribution is -0.150. The first-order valence-electron chi connectivity index (χ1n) is 7.00. The zero-order valence-corrected chi connectivity index (χ0v) is 13.4. The first-order valence-corrected chi connectivity index (χ1v) is 8.05. The third-order valence-corrected chi connectivity index (χ3v) is 4.76. The molecule has 120 valence electrons. The van der Waals surface area contributed by atoms with E-state index in [1.807, 2.05) is 20.8 Å². The quantitative estimate of drug-likeness (QED) is 0.672. The van der Waals surface area contributed by atoms with Crippen molar-refractivity contribution in [2.45, 2.75) is 51.1 Å². The molecule has 4 N–H and O–H groups in total. The molecule has 0 radical (unpaired) electrons. The van der Waals surface area contributed by atoms with Crippen LogP contribution in [0, 0.1) is 5.92 Å². The van der Waals surface area contributed by atoms with Crippen LogP contribution >= 0.6 is 11.8 Å². The van der Waals surface area contributed by atoms with Gasteiger partial charge in [-0.05, 0) is 18.8 Å². The van der Waals surface area contributed by atoms with Gasteiger partial charge in [-0.25, -0.2) is 9.59 Å². The van der Waals surface area contributed by atoms with Crippen LogP contribution in [0.3, 0.4) is 0 Å². The molecule has 0 aromatic carbocycles. The molecule has 0 bridgehead atoms. The van der Waals surface area contributed by atoms with Gasteiger partial charge in [0.2, 0.25) is 5.91 Å². The van der Waals surface area contributed by atoms with Gasteiger partial charge in [0.25, 0.3) is 0 Å². The molecule has 0 aromatic rings. The molecule has 7 nitrogen and oxygen atoms in total. The van der Waals surface area contributed by atoms with E-state index in [4.69, 9.17) is 5.73 Å². The number of carboxylic acids is 1. The molecule has 0 spiro atoms. The van der Waals surface area contributed by atoms with Gasteiger partial charge < -0.3 is 21.1 Å². The molecule has 3 atom stereocenters. The number of nitrogens with two attached hydrogens (primary N) is 1. The largest absolute Gasteiger partial charge is 0.480 e. The predicted molar refractivity (Wildman–Crippen MR) is 80.8 cm³/mol. The average molecular weight is 317 g/mol. The summed E-state index contributed by atoms with van der Waals surface area (Å²) in [7, 11) is 0. The number of carboxylic acid groups (broad SMARTS) is 1. The fourth-order valence-electron chi connectivity index (χ4n) is 2.41. The normalized spacial score (nSPS) is 23.1. The zero-order chi connectivity index (χ0) is 16.2. The monoisotopic (exact) mass is 317 g/mol. The lowest BCUT2D eigenvalue weighted by atomic mass is 10.0. The van der Waals surface area contributed by atoms with E-state index in [0.717, 1.165) is 0 Å². The summed E-state index contributed by atoms with van der Waals surface area (Å²) in [5.41, 5.74) is 5.12. The summed E-state index contributed by atoms with van der Waals surface area (Å²) in [5, 5.41) is 11.5. The van der Waals surface area contributed by atoms with Crippen molar-refractivity contribution in [2.75, 3.05) is 5.75 Å². The Morgan fingerprint density at radius 3 is 2.48 bits per heavy atom. The first-order chi connectivity index (χ1) is 9.77. The molecule has 3 unspecified atom stereocenters. The number of nitrogens with zero attached hydrogens (tertiary/aromatic N) is 1. The standard InChI is InChI=1S/C13H23N3O4S/c1-4-10-16(9(6-21-10)12(18)19)11(17)8(5-7(2)3)15-13(14)20/h7-10H,4-6H2,1-3H3,(H,18,19)(H3,14,15,20). The number of thioether (sulfide) groups is 1. The number of aliphatic carboxylic acids is 1. The lowest BCUT2D eigenvalue weighted by Gasteiger charge is -2.31. The average Bonchev–Trinajstić information content (AvgIpc) is 2.79. The number of hydrogen-bond acceptors (Lipinski definition) is 4. The molecular weight excluding hydrogens is 294 g/mol. The van der Waals surface area contributed by atoms with Crippen LogP contribution in [0.4, 0.5) is 4.79 Å². The maximum atomic E-state index is 12.7. The van der Waals surface area contributed by atoms with Crippen molar-refractivity contribution in [1.29, 1.82) is 0 Å². The van der Waals surface area contributed by atoms with Gasteiger partial charge in [0.05, 0.1) is 5.37 Å². The summed E-state index contributed by atoms with van der Waals surface area (Å²) in [5.74, 6) is -0.852. The summed E-state index contributed by atoms with van der Waals surface area (Å²) >= 11 is 1.45. The zero-order valence-electron chi connectivity index (χ0n) is 12.5. The number of carbonyl (C=O) groups excluding carboxylic acids is 2. The van der Waals surface area contributed by atoms with Crippen molar-refractivity contribution in [3.63, 3.8) is 0 Å². The second-order valence-electron chi connectivity index (χ2n) is 5.49. The molecular formula is C13H23N3O4S. The SMILES string of the molecule is CCC1SCC(C(=O)O)N1C(=O)C(CC(C)C)NC(N)=O. The highest BCUT2D eigenvalue weighted by atomic mass is 32.2. The van der Waals surface area contributed by atoms with E-state index < -0.39 is 24.1 Å². The van der Waals surface area contributed by atoms with Gasteiger partial charge in [0.15, 0.2) is 0 Å². The Kier molecular flexibility index (Phi) is 6.32. The van der Waals surface area contributed by atoms with E-state index in [0.29, 0.717) is 18.6 Å². The molecule has 3 amide bonds. The number of carbonyl (C=O) groups is 3. The Morgan fingerprint density at radius 2 is 2.05 bits per heavy atom. The van der Waals surface area contributed by atoms with Crippen LogP contribution in [0.25, 0.3) is 0 Å². The number of primary amides is 1. The van der Waals surface area contributed by atoms with E-state index >= 15 is 0 Å². The molecule has 1 heterocycles. The van der Waals surface area contributed by atoms with Gasteiger partial charge in [-0.3, -0.25) is 4.79 Å². The minimum absolute atomic E-state index is 0.171. The van der Waals surface area contributed by atoms with E-state index in [9.17, 15) is 19.5 Å². The van der Waals surface area contributed by atoms with Crippen LogP contribution in [-0.2, 0) is 9.59 Å². The first kappa shape index (κ1) is 17.6. The van der Waals surface area contributed by atoms with Gasteiger partial charge in [-0.15, -0.1) is 11.8 Å². The summed E-state index contributed by atoms with van der Waals surface area (Å²) < 4.78 is 0. The van der Waals surface area contributed by atoms with Crippen molar-refractivity contribution in [3.8, 4) is 0 Å². The maximum Gasteiger partial charge on any atom is 0.327 e. The summed E-state index contributed by atoms with van der Waals surface area (Å²) in [6, 6.07) is -2.41. The fraction of sp³-hybridized carbons (Fsp3) is 0.769. The Balaban J connectivity index is 2.97. The summed E-state index contributed by atoms with van der Waals surface area (Å²) in [6.45, 7) is 5.75. The van der Waals surface area contributed by atoms with E-state index in [2.05, 4.69) is 5.32 Å². The fourth-order valence-corrected chi connectivity index (χ4v) is 3.76. The molecule has 21 heavy (non-hydrogen) atoms. The molecule has 0 aromatic heterocycles. The molecule has 1 fully saturated rings. The van der Waals surface area contributed by atoms with Crippen LogP contribution < -0.4 is 11.1 Å². The van der Waals surface area contributed by atoms with Crippen LogP contribution in [-0.4, -0.2) is 51.1 Å². The Labute approximate surface area is 128 Å². The van der Waals surface area contributed by atoms with Gasteiger partial charge in [-0.2, -0.15) is 0 Å². The predicted octanol–water partition coefficient (Wildman–Crippen LogP) is 0.834. The van der Waals surface area contributed by atoms with E-state index in [-0.39, 0.29) is 17.2 Å². The molecule has 1 saturated heterocycles. The number of hydrogen-bond donors (Lipinski definition) is 3. The van der Waals surface area contributed by atoms with Crippen molar-refractivity contribution in [1.82, 2.24) is 10.2 Å². The third-order valence-electron chi connectivity index (χ3n) is 3.30. The van der Waals surface area contributed by atoms with Crippen molar-refractivity contribution < 1.29 is 19.5 Å². The lowest BCUT2D eigenvalue weighted by Crippen LogP contribution is -2.55. The van der Waals surface area contributed by atoms with Gasteiger partial charge in [-0.1, -0.05) is 20.8 Å². The van der Waals surface area contributed by atoms with Crippen molar-refractivity contribution >= 4 is 29.7 Å². The smallest absolute Gasteiger partial charge is 0.327 e. The minimum Gasteiger partial charge on any atom is -0.480 e. The second kappa shape index (κ2) is 7.53. The molecule has 0 saturated carbocycles. The topological polar surface area (TPSA) is 113 Å². The number of rotatable bonds is 6. The Bertz CT molecular complexity index is 416. The van der Waals surface area contributed by atoms with Crippen molar-refractivity contribution in [2.24, 2.45) is 11.7 Å². The summed E-state index contributed by atoms with van der Waals surface area (Å²) in [4.78, 5) is 36.5. The van der Waals surface area contributed by atoms with E-state index in [1.54, 1.807) is 0 Å². The van der Waals surface area contributed by atoms with Crippen LogP contribution in [0.1, 0.15) is 33.6 Å². The minimum atomic E-state index is -1.02. The highest BCUT2D eigenvalue weighted by Crippen LogP contribution is 2.32. The molecule has 1 aliphatic rings. The highest BCUT2D eigenvalue weighted by Gasteiger charge is 2.43. The molecule has 1 aliphatic heterocycles. The second-order valence-corrected chi connectivity index (χ2v) is 6.70. The maximum absolute atomic E-state index is 12.7. The van der Waals surface area contributed by atoms with Gasteiger partial charge in [0, 0.05) is 5.75 Å². The number of nitrogens with one attached hydrogen (secondary N) is 1. The Hall–Kier alpha value is -1.44. The number of urea groups is 1. The molecule has 1 rings (SSSR count). The van der Waals surface area contributed by atoms with Gasteiger partial charge in [0.1, 0.15) is 12.1 Å². The van der Waals surface area contributed by atoms with Crippen LogP contribution in [0.2, 0.25) is 0 Å². The third kappa shape index (κ3) is 4.52. The highest BCUT2D eigenvalue weighted by molar-refractivity contribution is 8.00. The summed E-state index contributed by atoms with van der Waals surface area (Å²) in [6.07, 6.45) is 1.08.